The van der Waals surface area contributed by atoms with Gasteiger partial charge in [0.25, 0.3) is 0 Å². The average Bonchev–Trinajstić information content (AvgIpc) is 2.68. The van der Waals surface area contributed by atoms with Crippen LogP contribution in [-0.2, 0) is 6.54 Å². The minimum absolute atomic E-state index is 0.539. The molecule has 0 amide bonds. The molecule has 3 nitrogen and oxygen atoms in total. The van der Waals surface area contributed by atoms with Crippen LogP contribution in [0, 0.1) is 0 Å². The van der Waals surface area contributed by atoms with Crippen molar-refractivity contribution in [3.63, 3.8) is 0 Å². The van der Waals surface area contributed by atoms with Gasteiger partial charge in [-0.2, -0.15) is 0 Å². The maximum Gasteiger partial charge on any atom is 0.185 e. The van der Waals surface area contributed by atoms with Crippen molar-refractivity contribution in [1.82, 2.24) is 9.55 Å². The maximum absolute atomic E-state index is 10.9. The summed E-state index contributed by atoms with van der Waals surface area (Å²) in [5.74, 6) is 0.539. The summed E-state index contributed by atoms with van der Waals surface area (Å²) in [5, 5.41) is 0. The molecular weight excluding hydrogens is 200 g/mol. The number of aromatic nitrogens is 2. The number of unbranched alkanes of at least 4 members (excludes halogenated alkanes) is 2. The van der Waals surface area contributed by atoms with E-state index in [2.05, 4.69) is 11.9 Å². The molecule has 0 aliphatic carbocycles. The minimum Gasteiger partial charge on any atom is -0.322 e. The van der Waals surface area contributed by atoms with Crippen molar-refractivity contribution in [1.29, 1.82) is 0 Å². The highest BCUT2D eigenvalue weighted by atomic mass is 16.1. The van der Waals surface area contributed by atoms with Crippen molar-refractivity contribution in [3.8, 4) is 0 Å². The van der Waals surface area contributed by atoms with Crippen LogP contribution in [0.3, 0.4) is 0 Å². The number of fused-ring (bicyclic) bond motifs is 1. The number of nitrogens with zero attached hydrogens (tertiary/aromatic N) is 2. The first kappa shape index (κ1) is 10.9. The van der Waals surface area contributed by atoms with Crippen LogP contribution in [-0.4, -0.2) is 15.8 Å². The van der Waals surface area contributed by atoms with Crippen molar-refractivity contribution in [3.05, 3.63) is 30.1 Å². The Morgan fingerprint density at radius 1 is 1.31 bits per heavy atom. The van der Waals surface area contributed by atoms with E-state index in [1.807, 2.05) is 28.8 Å². The minimum atomic E-state index is 0.539. The second kappa shape index (κ2) is 4.92. The predicted molar refractivity (Wildman–Crippen MR) is 64.6 cm³/mol. The molecular formula is C13H16N2O. The first-order valence-electron chi connectivity index (χ1n) is 5.77. The third-order valence-corrected chi connectivity index (χ3v) is 2.77. The summed E-state index contributed by atoms with van der Waals surface area (Å²) in [7, 11) is 0. The van der Waals surface area contributed by atoms with E-state index in [4.69, 9.17) is 0 Å². The van der Waals surface area contributed by atoms with Crippen LogP contribution in [0.4, 0.5) is 0 Å². The summed E-state index contributed by atoms with van der Waals surface area (Å²) in [4.78, 5) is 15.3. The molecule has 1 aromatic heterocycles. The second-order valence-corrected chi connectivity index (χ2v) is 3.94. The van der Waals surface area contributed by atoms with E-state index in [9.17, 15) is 4.79 Å². The first-order valence-corrected chi connectivity index (χ1v) is 5.77. The molecule has 2 rings (SSSR count). The third kappa shape index (κ3) is 1.98. The lowest BCUT2D eigenvalue weighted by Gasteiger charge is -2.04. The molecule has 3 heteroatoms. The highest BCUT2D eigenvalue weighted by molar-refractivity contribution is 5.82. The largest absolute Gasteiger partial charge is 0.322 e. The summed E-state index contributed by atoms with van der Waals surface area (Å²) < 4.78 is 2.01. The zero-order chi connectivity index (χ0) is 11.4. The summed E-state index contributed by atoms with van der Waals surface area (Å²) >= 11 is 0. The van der Waals surface area contributed by atoms with Crippen molar-refractivity contribution in [2.24, 2.45) is 0 Å². The van der Waals surface area contributed by atoms with Crippen molar-refractivity contribution in [2.75, 3.05) is 0 Å². The van der Waals surface area contributed by atoms with Gasteiger partial charge in [0, 0.05) is 6.54 Å². The Labute approximate surface area is 95.1 Å². The first-order chi connectivity index (χ1) is 7.86. The topological polar surface area (TPSA) is 34.9 Å². The predicted octanol–water partition coefficient (Wildman–Crippen LogP) is 3.04. The molecule has 1 aromatic carbocycles. The van der Waals surface area contributed by atoms with Crippen LogP contribution in [0.25, 0.3) is 11.0 Å². The molecule has 16 heavy (non-hydrogen) atoms. The Morgan fingerprint density at radius 3 is 2.88 bits per heavy atom. The number of carbonyl (C=O) groups excluding carboxylic acids is 1. The van der Waals surface area contributed by atoms with Crippen LogP contribution < -0.4 is 0 Å². The van der Waals surface area contributed by atoms with Crippen molar-refractivity contribution in [2.45, 2.75) is 32.7 Å². The van der Waals surface area contributed by atoms with Gasteiger partial charge in [0.1, 0.15) is 0 Å². The number of hydrogen-bond donors (Lipinski definition) is 0. The van der Waals surface area contributed by atoms with Crippen LogP contribution in [0.5, 0.6) is 0 Å². The van der Waals surface area contributed by atoms with E-state index >= 15 is 0 Å². The Kier molecular flexibility index (Phi) is 3.34. The molecule has 0 aliphatic heterocycles. The summed E-state index contributed by atoms with van der Waals surface area (Å²) in [6.07, 6.45) is 4.30. The summed E-state index contributed by atoms with van der Waals surface area (Å²) in [5.41, 5.74) is 1.96. The van der Waals surface area contributed by atoms with Gasteiger partial charge in [-0.25, -0.2) is 4.98 Å². The molecule has 1 heterocycles. The summed E-state index contributed by atoms with van der Waals surface area (Å²) in [6.45, 7) is 3.05. The molecule has 0 fully saturated rings. The number of rotatable bonds is 5. The van der Waals surface area contributed by atoms with E-state index in [0.717, 1.165) is 30.3 Å². The fourth-order valence-corrected chi connectivity index (χ4v) is 1.94. The van der Waals surface area contributed by atoms with Crippen LogP contribution >= 0.6 is 0 Å². The zero-order valence-corrected chi connectivity index (χ0v) is 9.52. The van der Waals surface area contributed by atoms with Gasteiger partial charge in [0.2, 0.25) is 0 Å². The van der Waals surface area contributed by atoms with Gasteiger partial charge in [0.05, 0.1) is 11.0 Å². The van der Waals surface area contributed by atoms with E-state index < -0.39 is 0 Å². The lowest BCUT2D eigenvalue weighted by atomic mass is 10.2. The molecule has 0 bridgehead atoms. The number of aldehydes is 1. The monoisotopic (exact) mass is 216 g/mol. The fraction of sp³-hybridized carbons (Fsp3) is 0.385. The zero-order valence-electron chi connectivity index (χ0n) is 9.52. The smallest absolute Gasteiger partial charge is 0.185 e. The highest BCUT2D eigenvalue weighted by Crippen LogP contribution is 2.16. The lowest BCUT2D eigenvalue weighted by molar-refractivity contribution is 0.111. The lowest BCUT2D eigenvalue weighted by Crippen LogP contribution is -2.02. The number of para-hydroxylation sites is 2. The van der Waals surface area contributed by atoms with Crippen LogP contribution in [0.15, 0.2) is 24.3 Å². The van der Waals surface area contributed by atoms with Gasteiger partial charge in [0.15, 0.2) is 12.1 Å². The molecule has 0 saturated carbocycles. The van der Waals surface area contributed by atoms with Gasteiger partial charge in [-0.05, 0) is 18.6 Å². The molecule has 0 saturated heterocycles. The molecule has 84 valence electrons. The third-order valence-electron chi connectivity index (χ3n) is 2.77. The fourth-order valence-electron chi connectivity index (χ4n) is 1.94. The van der Waals surface area contributed by atoms with Crippen molar-refractivity contribution < 1.29 is 4.79 Å². The Balaban J connectivity index is 2.35. The van der Waals surface area contributed by atoms with Crippen molar-refractivity contribution >= 4 is 17.3 Å². The Morgan fingerprint density at radius 2 is 2.12 bits per heavy atom. The molecule has 0 spiro atoms. The normalized spacial score (nSPS) is 10.8. The van der Waals surface area contributed by atoms with E-state index in [-0.39, 0.29) is 0 Å². The van der Waals surface area contributed by atoms with Gasteiger partial charge in [-0.3, -0.25) is 4.79 Å². The van der Waals surface area contributed by atoms with Gasteiger partial charge in [-0.15, -0.1) is 0 Å². The van der Waals surface area contributed by atoms with Gasteiger partial charge < -0.3 is 4.57 Å². The molecule has 0 unspecified atom stereocenters. The Bertz CT molecular complexity index is 488. The Hall–Kier alpha value is -1.64. The van der Waals surface area contributed by atoms with Crippen LogP contribution in [0.2, 0.25) is 0 Å². The molecule has 0 radical (unpaired) electrons. The molecule has 0 atom stereocenters. The number of carbonyl (C=O) groups is 1. The van der Waals surface area contributed by atoms with Crippen LogP contribution in [0.1, 0.15) is 36.8 Å². The highest BCUT2D eigenvalue weighted by Gasteiger charge is 2.08. The average molecular weight is 216 g/mol. The number of aryl methyl sites for hydroxylation is 1. The quantitative estimate of drug-likeness (QED) is 0.568. The number of imidazole rings is 1. The second-order valence-electron chi connectivity index (χ2n) is 3.94. The van der Waals surface area contributed by atoms with Gasteiger partial charge >= 0.3 is 0 Å². The standard InChI is InChI=1S/C13H16N2O/c1-2-3-6-9-15-12-8-5-4-7-11(12)14-13(15)10-16/h4-5,7-8,10H,2-3,6,9H2,1H3. The number of hydrogen-bond acceptors (Lipinski definition) is 2. The maximum atomic E-state index is 10.9. The van der Waals surface area contributed by atoms with E-state index in [0.29, 0.717) is 5.82 Å². The van der Waals surface area contributed by atoms with E-state index in [1.165, 1.54) is 12.8 Å². The van der Waals surface area contributed by atoms with E-state index in [1.54, 1.807) is 0 Å². The molecule has 0 aliphatic rings. The SMILES string of the molecule is CCCCCn1c(C=O)nc2ccccc21. The van der Waals surface area contributed by atoms with Gasteiger partial charge in [-0.1, -0.05) is 31.9 Å². The molecule has 0 N–H and O–H groups in total. The number of benzene rings is 1. The summed E-state index contributed by atoms with van der Waals surface area (Å²) in [6, 6.07) is 7.88. The molecule has 2 aromatic rings.